The van der Waals surface area contributed by atoms with E-state index in [1.807, 2.05) is 6.92 Å². The van der Waals surface area contributed by atoms with Gasteiger partial charge in [0.15, 0.2) is 0 Å². The molecule has 1 fully saturated rings. The van der Waals surface area contributed by atoms with Crippen LogP contribution in [0.15, 0.2) is 18.2 Å². The minimum Gasteiger partial charge on any atom is -0.492 e. The molecule has 0 heterocycles. The number of anilines is 1. The van der Waals surface area contributed by atoms with E-state index < -0.39 is 0 Å². The van der Waals surface area contributed by atoms with Crippen LogP contribution >= 0.6 is 0 Å². The van der Waals surface area contributed by atoms with Crippen molar-refractivity contribution in [1.82, 2.24) is 5.32 Å². The van der Waals surface area contributed by atoms with Crippen molar-refractivity contribution in [3.8, 4) is 5.75 Å². The first-order valence-corrected chi connectivity index (χ1v) is 5.95. The number of ether oxygens (including phenoxy) is 1. The fourth-order valence-corrected chi connectivity index (χ4v) is 1.75. The minimum atomic E-state index is -0.0610. The summed E-state index contributed by atoms with van der Waals surface area (Å²) in [5.41, 5.74) is 6.91. The summed E-state index contributed by atoms with van der Waals surface area (Å²) in [6.07, 6.45) is 1.07. The first kappa shape index (κ1) is 11.8. The Balaban J connectivity index is 2.05. The van der Waals surface area contributed by atoms with Crippen molar-refractivity contribution in [2.45, 2.75) is 26.3 Å². The summed E-state index contributed by atoms with van der Waals surface area (Å²) in [6.45, 7) is 4.58. The van der Waals surface area contributed by atoms with Crippen LogP contribution in [0.2, 0.25) is 0 Å². The molecular weight excluding hydrogens is 216 g/mol. The summed E-state index contributed by atoms with van der Waals surface area (Å²) in [7, 11) is 0. The molecule has 2 atom stereocenters. The third-order valence-electron chi connectivity index (χ3n) is 3.00. The van der Waals surface area contributed by atoms with E-state index in [1.54, 1.807) is 18.2 Å². The lowest BCUT2D eigenvalue weighted by Crippen LogP contribution is -2.26. The van der Waals surface area contributed by atoms with E-state index >= 15 is 0 Å². The van der Waals surface area contributed by atoms with Gasteiger partial charge in [-0.3, -0.25) is 4.79 Å². The van der Waals surface area contributed by atoms with Crippen LogP contribution in [0.4, 0.5) is 5.69 Å². The van der Waals surface area contributed by atoms with Gasteiger partial charge in [0.2, 0.25) is 0 Å². The van der Waals surface area contributed by atoms with Crippen LogP contribution in [0.25, 0.3) is 0 Å². The Kier molecular flexibility index (Phi) is 3.22. The average Bonchev–Trinajstić information content (AvgIpc) is 2.97. The SMILES string of the molecule is CCOc1ccc(C(=O)NC2CC2C)cc1N. The number of hydrogen-bond acceptors (Lipinski definition) is 3. The number of amides is 1. The summed E-state index contributed by atoms with van der Waals surface area (Å²) < 4.78 is 5.33. The highest BCUT2D eigenvalue weighted by Gasteiger charge is 2.34. The molecule has 92 valence electrons. The van der Waals surface area contributed by atoms with Gasteiger partial charge in [-0.1, -0.05) is 6.92 Å². The number of benzene rings is 1. The molecule has 1 saturated carbocycles. The standard InChI is InChI=1S/C13H18N2O2/c1-3-17-12-5-4-9(7-10(12)14)13(16)15-11-6-8(11)2/h4-5,7-8,11H,3,6,14H2,1-2H3,(H,15,16). The van der Waals surface area contributed by atoms with E-state index in [9.17, 15) is 4.79 Å². The third-order valence-corrected chi connectivity index (χ3v) is 3.00. The highest BCUT2D eigenvalue weighted by atomic mass is 16.5. The van der Waals surface area contributed by atoms with Crippen molar-refractivity contribution in [2.24, 2.45) is 5.92 Å². The average molecular weight is 234 g/mol. The van der Waals surface area contributed by atoms with Crippen molar-refractivity contribution in [3.63, 3.8) is 0 Å². The molecule has 2 rings (SSSR count). The van der Waals surface area contributed by atoms with E-state index in [4.69, 9.17) is 10.5 Å². The van der Waals surface area contributed by atoms with Crippen LogP contribution in [-0.2, 0) is 0 Å². The van der Waals surface area contributed by atoms with Crippen LogP contribution in [0.5, 0.6) is 5.75 Å². The van der Waals surface area contributed by atoms with Gasteiger partial charge in [-0.25, -0.2) is 0 Å². The van der Waals surface area contributed by atoms with E-state index in [1.165, 1.54) is 0 Å². The second-order valence-electron chi connectivity index (χ2n) is 4.48. The largest absolute Gasteiger partial charge is 0.492 e. The maximum absolute atomic E-state index is 11.9. The van der Waals surface area contributed by atoms with Crippen LogP contribution in [0.1, 0.15) is 30.6 Å². The lowest BCUT2D eigenvalue weighted by atomic mass is 10.1. The zero-order valence-electron chi connectivity index (χ0n) is 10.2. The third kappa shape index (κ3) is 2.70. The predicted molar refractivity (Wildman–Crippen MR) is 67.1 cm³/mol. The van der Waals surface area contributed by atoms with E-state index in [2.05, 4.69) is 12.2 Å². The molecule has 0 spiro atoms. The molecule has 0 radical (unpaired) electrons. The quantitative estimate of drug-likeness (QED) is 0.781. The zero-order valence-corrected chi connectivity index (χ0v) is 10.2. The molecule has 1 amide bonds. The second-order valence-corrected chi connectivity index (χ2v) is 4.48. The van der Waals surface area contributed by atoms with Gasteiger partial charge in [0.05, 0.1) is 12.3 Å². The van der Waals surface area contributed by atoms with Crippen LogP contribution in [0, 0.1) is 5.92 Å². The first-order valence-electron chi connectivity index (χ1n) is 5.95. The number of nitrogen functional groups attached to an aromatic ring is 1. The van der Waals surface area contributed by atoms with Gasteiger partial charge >= 0.3 is 0 Å². The van der Waals surface area contributed by atoms with Gasteiger partial charge in [0.1, 0.15) is 5.75 Å². The van der Waals surface area contributed by atoms with Gasteiger partial charge in [0, 0.05) is 11.6 Å². The summed E-state index contributed by atoms with van der Waals surface area (Å²) in [5.74, 6) is 1.16. The molecular formula is C13H18N2O2. The van der Waals surface area contributed by atoms with E-state index in [0.717, 1.165) is 6.42 Å². The van der Waals surface area contributed by atoms with Crippen LogP contribution in [-0.4, -0.2) is 18.6 Å². The van der Waals surface area contributed by atoms with E-state index in [-0.39, 0.29) is 5.91 Å². The Morgan fingerprint density at radius 1 is 1.59 bits per heavy atom. The number of carbonyl (C=O) groups excluding carboxylic acids is 1. The van der Waals surface area contributed by atoms with Crippen molar-refractivity contribution in [3.05, 3.63) is 23.8 Å². The van der Waals surface area contributed by atoms with Crippen molar-refractivity contribution in [2.75, 3.05) is 12.3 Å². The van der Waals surface area contributed by atoms with Gasteiger partial charge in [-0.2, -0.15) is 0 Å². The fraction of sp³-hybridized carbons (Fsp3) is 0.462. The number of carbonyl (C=O) groups is 1. The Labute approximate surface area is 101 Å². The summed E-state index contributed by atoms with van der Waals surface area (Å²) in [4.78, 5) is 11.9. The topological polar surface area (TPSA) is 64.3 Å². The first-order chi connectivity index (χ1) is 8.11. The van der Waals surface area contributed by atoms with E-state index in [0.29, 0.717) is 35.6 Å². The minimum absolute atomic E-state index is 0.0610. The van der Waals surface area contributed by atoms with Crippen LogP contribution < -0.4 is 15.8 Å². The van der Waals surface area contributed by atoms with Crippen molar-refractivity contribution >= 4 is 11.6 Å². The molecule has 0 saturated heterocycles. The molecule has 1 aliphatic rings. The molecule has 4 nitrogen and oxygen atoms in total. The van der Waals surface area contributed by atoms with Crippen molar-refractivity contribution in [1.29, 1.82) is 0 Å². The molecule has 0 aromatic heterocycles. The molecule has 17 heavy (non-hydrogen) atoms. The molecule has 3 N–H and O–H groups in total. The fourth-order valence-electron chi connectivity index (χ4n) is 1.75. The molecule has 1 aromatic carbocycles. The summed E-state index contributed by atoms with van der Waals surface area (Å²) in [5, 5.41) is 2.96. The maximum atomic E-state index is 11.9. The summed E-state index contributed by atoms with van der Waals surface area (Å²) >= 11 is 0. The maximum Gasteiger partial charge on any atom is 0.251 e. The number of rotatable bonds is 4. The van der Waals surface area contributed by atoms with Gasteiger partial charge in [-0.05, 0) is 37.5 Å². The number of nitrogens with two attached hydrogens (primary N) is 1. The Morgan fingerprint density at radius 2 is 2.29 bits per heavy atom. The highest BCUT2D eigenvalue weighted by Crippen LogP contribution is 2.29. The summed E-state index contributed by atoms with van der Waals surface area (Å²) in [6, 6.07) is 5.47. The molecule has 0 aliphatic heterocycles. The smallest absolute Gasteiger partial charge is 0.251 e. The monoisotopic (exact) mass is 234 g/mol. The van der Waals surface area contributed by atoms with Crippen LogP contribution in [0.3, 0.4) is 0 Å². The van der Waals surface area contributed by atoms with Gasteiger partial charge in [-0.15, -0.1) is 0 Å². The molecule has 1 aromatic rings. The molecule has 1 aliphatic carbocycles. The molecule has 0 bridgehead atoms. The zero-order chi connectivity index (χ0) is 12.4. The highest BCUT2D eigenvalue weighted by molar-refractivity contribution is 5.95. The second kappa shape index (κ2) is 4.65. The van der Waals surface area contributed by atoms with Crippen molar-refractivity contribution < 1.29 is 9.53 Å². The molecule has 4 heteroatoms. The number of nitrogens with one attached hydrogen (secondary N) is 1. The predicted octanol–water partition coefficient (Wildman–Crippen LogP) is 1.81. The Bertz CT molecular complexity index is 431. The number of hydrogen-bond donors (Lipinski definition) is 2. The normalized spacial score (nSPS) is 22.0. The Morgan fingerprint density at radius 3 is 2.82 bits per heavy atom. The van der Waals surface area contributed by atoms with Gasteiger partial charge < -0.3 is 15.8 Å². The molecule has 2 unspecified atom stereocenters. The lowest BCUT2D eigenvalue weighted by Gasteiger charge is -2.09. The lowest BCUT2D eigenvalue weighted by molar-refractivity contribution is 0.0949. The van der Waals surface area contributed by atoms with Gasteiger partial charge in [0.25, 0.3) is 5.91 Å². The Hall–Kier alpha value is -1.71.